The topological polar surface area (TPSA) is 78.7 Å². The van der Waals surface area contributed by atoms with Crippen LogP contribution >= 0.6 is 0 Å². The van der Waals surface area contributed by atoms with E-state index in [-0.39, 0.29) is 5.69 Å². The summed E-state index contributed by atoms with van der Waals surface area (Å²) in [6.07, 6.45) is 0.423. The number of methoxy groups -OCH3 is 1. The van der Waals surface area contributed by atoms with Gasteiger partial charge in [0.25, 0.3) is 5.69 Å². The van der Waals surface area contributed by atoms with Gasteiger partial charge < -0.3 is 9.47 Å². The molecule has 1 aliphatic rings. The fourth-order valence-electron chi connectivity index (χ4n) is 1.79. The number of fused-ring (bicyclic) bond motifs is 1. The van der Waals surface area contributed by atoms with Crippen molar-refractivity contribution in [1.82, 2.24) is 0 Å². The molecular formula is C11H11NO5. The van der Waals surface area contributed by atoms with Gasteiger partial charge in [0, 0.05) is 17.7 Å². The van der Waals surface area contributed by atoms with Crippen molar-refractivity contribution >= 4 is 11.7 Å². The van der Waals surface area contributed by atoms with Crippen LogP contribution in [-0.4, -0.2) is 24.1 Å². The quantitative estimate of drug-likeness (QED) is 0.442. The third-order valence-corrected chi connectivity index (χ3v) is 2.66. The molecule has 1 aromatic rings. The van der Waals surface area contributed by atoms with Crippen LogP contribution in [0.2, 0.25) is 0 Å². The summed E-state index contributed by atoms with van der Waals surface area (Å²) in [5.74, 6) is 0.0891. The molecule has 0 radical (unpaired) electrons. The Morgan fingerprint density at radius 3 is 3.00 bits per heavy atom. The van der Waals surface area contributed by atoms with E-state index in [1.165, 1.54) is 25.3 Å². The molecule has 0 aliphatic carbocycles. The predicted octanol–water partition coefficient (Wildman–Crippen LogP) is 1.46. The molecule has 0 saturated carbocycles. The first kappa shape index (κ1) is 11.4. The van der Waals surface area contributed by atoms with Crippen LogP contribution in [0.25, 0.3) is 0 Å². The van der Waals surface area contributed by atoms with Crippen LogP contribution < -0.4 is 4.74 Å². The Labute approximate surface area is 97.3 Å². The SMILES string of the molecule is COC(=O)[C@H]1CCc2cc([N+](=O)[O-])ccc2O1. The second kappa shape index (κ2) is 4.40. The van der Waals surface area contributed by atoms with E-state index in [1.807, 2.05) is 0 Å². The van der Waals surface area contributed by atoms with E-state index in [0.29, 0.717) is 18.6 Å². The molecule has 2 rings (SSSR count). The second-order valence-electron chi connectivity index (χ2n) is 3.72. The van der Waals surface area contributed by atoms with Crippen molar-refractivity contribution in [2.75, 3.05) is 7.11 Å². The van der Waals surface area contributed by atoms with Crippen molar-refractivity contribution in [3.05, 3.63) is 33.9 Å². The fourth-order valence-corrected chi connectivity index (χ4v) is 1.79. The first-order valence-corrected chi connectivity index (χ1v) is 5.13. The minimum atomic E-state index is -0.617. The van der Waals surface area contributed by atoms with Crippen molar-refractivity contribution < 1.29 is 19.2 Å². The van der Waals surface area contributed by atoms with Crippen molar-refractivity contribution in [2.45, 2.75) is 18.9 Å². The van der Waals surface area contributed by atoms with Crippen LogP contribution in [-0.2, 0) is 16.0 Å². The number of benzene rings is 1. The molecule has 90 valence electrons. The number of carbonyl (C=O) groups excluding carboxylic acids is 1. The number of aryl methyl sites for hydroxylation is 1. The summed E-state index contributed by atoms with van der Waals surface area (Å²) in [6.45, 7) is 0. The van der Waals surface area contributed by atoms with Gasteiger partial charge in [0.2, 0.25) is 0 Å². The van der Waals surface area contributed by atoms with Crippen LogP contribution in [0.4, 0.5) is 5.69 Å². The van der Waals surface area contributed by atoms with Crippen molar-refractivity contribution in [3.8, 4) is 5.75 Å². The lowest BCUT2D eigenvalue weighted by molar-refractivity contribution is -0.385. The van der Waals surface area contributed by atoms with Crippen molar-refractivity contribution in [1.29, 1.82) is 0 Å². The molecule has 0 unspecified atom stereocenters. The predicted molar refractivity (Wildman–Crippen MR) is 57.8 cm³/mol. The largest absolute Gasteiger partial charge is 0.478 e. The van der Waals surface area contributed by atoms with E-state index >= 15 is 0 Å². The number of nitro benzene ring substituents is 1. The van der Waals surface area contributed by atoms with Gasteiger partial charge in [-0.3, -0.25) is 10.1 Å². The monoisotopic (exact) mass is 237 g/mol. The molecule has 0 fully saturated rings. The summed E-state index contributed by atoms with van der Waals surface area (Å²) in [6, 6.07) is 4.35. The molecule has 0 bridgehead atoms. The number of non-ortho nitro benzene ring substituents is 1. The highest BCUT2D eigenvalue weighted by molar-refractivity contribution is 5.75. The number of rotatable bonds is 2. The van der Waals surface area contributed by atoms with Gasteiger partial charge in [0.05, 0.1) is 12.0 Å². The highest BCUT2D eigenvalue weighted by Crippen LogP contribution is 2.30. The lowest BCUT2D eigenvalue weighted by atomic mass is 10.0. The van der Waals surface area contributed by atoms with Crippen molar-refractivity contribution in [2.24, 2.45) is 0 Å². The van der Waals surface area contributed by atoms with Gasteiger partial charge in [-0.05, 0) is 18.9 Å². The molecule has 0 N–H and O–H groups in total. The molecule has 1 aromatic carbocycles. The normalized spacial score (nSPS) is 17.8. The van der Waals surface area contributed by atoms with Gasteiger partial charge in [-0.15, -0.1) is 0 Å². The maximum Gasteiger partial charge on any atom is 0.347 e. The van der Waals surface area contributed by atoms with Crippen LogP contribution in [0, 0.1) is 10.1 Å². The average molecular weight is 237 g/mol. The number of esters is 1. The maximum absolute atomic E-state index is 11.3. The lowest BCUT2D eigenvalue weighted by Gasteiger charge is -2.23. The standard InChI is InChI=1S/C11H11NO5/c1-16-11(13)10-4-2-7-6-8(12(14)15)3-5-9(7)17-10/h3,5-6,10H,2,4H2,1H3/t10-/m1/s1. The lowest BCUT2D eigenvalue weighted by Crippen LogP contribution is -2.32. The second-order valence-corrected chi connectivity index (χ2v) is 3.72. The molecule has 17 heavy (non-hydrogen) atoms. The van der Waals surface area contributed by atoms with Gasteiger partial charge in [-0.1, -0.05) is 0 Å². The molecule has 1 aliphatic heterocycles. The van der Waals surface area contributed by atoms with Crippen LogP contribution in [0.15, 0.2) is 18.2 Å². The van der Waals surface area contributed by atoms with Crippen LogP contribution in [0.1, 0.15) is 12.0 Å². The van der Waals surface area contributed by atoms with Gasteiger partial charge >= 0.3 is 5.97 Å². The summed E-state index contributed by atoms with van der Waals surface area (Å²) in [5, 5.41) is 10.6. The maximum atomic E-state index is 11.3. The molecule has 0 spiro atoms. The van der Waals surface area contributed by atoms with Crippen molar-refractivity contribution in [3.63, 3.8) is 0 Å². The van der Waals surface area contributed by atoms with Gasteiger partial charge in [0.1, 0.15) is 5.75 Å². The third kappa shape index (κ3) is 2.20. The molecule has 1 heterocycles. The zero-order valence-corrected chi connectivity index (χ0v) is 9.21. The van der Waals surface area contributed by atoms with E-state index in [2.05, 4.69) is 4.74 Å². The molecule has 0 amide bonds. The number of ether oxygens (including phenoxy) is 2. The summed E-state index contributed by atoms with van der Waals surface area (Å²) >= 11 is 0. The van der Waals surface area contributed by atoms with E-state index in [0.717, 1.165) is 5.56 Å². The minimum Gasteiger partial charge on any atom is -0.478 e. The molecule has 0 aromatic heterocycles. The van der Waals surface area contributed by atoms with Gasteiger partial charge in [-0.25, -0.2) is 4.79 Å². The highest BCUT2D eigenvalue weighted by Gasteiger charge is 2.27. The fraction of sp³-hybridized carbons (Fsp3) is 0.364. The van der Waals surface area contributed by atoms with Gasteiger partial charge in [-0.2, -0.15) is 0 Å². The summed E-state index contributed by atoms with van der Waals surface area (Å²) in [5.41, 5.74) is 0.781. The van der Waals surface area contributed by atoms with E-state index in [4.69, 9.17) is 4.74 Å². The zero-order chi connectivity index (χ0) is 12.4. The summed E-state index contributed by atoms with van der Waals surface area (Å²) in [4.78, 5) is 21.4. The third-order valence-electron chi connectivity index (χ3n) is 2.66. The van der Waals surface area contributed by atoms with Crippen LogP contribution in [0.3, 0.4) is 0 Å². The first-order chi connectivity index (χ1) is 8.11. The van der Waals surface area contributed by atoms with Gasteiger partial charge in [0.15, 0.2) is 6.10 Å². The Hall–Kier alpha value is -2.11. The molecule has 1 atom stereocenters. The zero-order valence-electron chi connectivity index (χ0n) is 9.21. The Kier molecular flexibility index (Phi) is 2.95. The number of carbonyl (C=O) groups is 1. The highest BCUT2D eigenvalue weighted by atomic mass is 16.6. The Morgan fingerprint density at radius 1 is 1.59 bits per heavy atom. The summed E-state index contributed by atoms with van der Waals surface area (Å²) < 4.78 is 10.0. The molecule has 6 nitrogen and oxygen atoms in total. The Bertz CT molecular complexity index is 471. The Morgan fingerprint density at radius 2 is 2.35 bits per heavy atom. The van der Waals surface area contributed by atoms with E-state index in [1.54, 1.807) is 0 Å². The van der Waals surface area contributed by atoms with E-state index in [9.17, 15) is 14.9 Å². The number of nitrogens with zero attached hydrogens (tertiary/aromatic N) is 1. The van der Waals surface area contributed by atoms with Crippen LogP contribution in [0.5, 0.6) is 5.75 Å². The summed E-state index contributed by atoms with van der Waals surface area (Å²) in [7, 11) is 1.30. The number of nitro groups is 1. The van der Waals surface area contributed by atoms with E-state index < -0.39 is 17.0 Å². The average Bonchev–Trinajstić information content (AvgIpc) is 2.36. The first-order valence-electron chi connectivity index (χ1n) is 5.13. The Balaban J connectivity index is 2.23. The number of hydrogen-bond donors (Lipinski definition) is 0. The molecular weight excluding hydrogens is 226 g/mol. The smallest absolute Gasteiger partial charge is 0.347 e. The molecule has 6 heteroatoms. The minimum absolute atomic E-state index is 0.0314. The number of hydrogen-bond acceptors (Lipinski definition) is 5. The molecule has 0 saturated heterocycles.